The van der Waals surface area contributed by atoms with Crippen LogP contribution < -0.4 is 14.8 Å². The second-order valence-corrected chi connectivity index (χ2v) is 8.88. The number of aromatic hydroxyl groups is 1. The van der Waals surface area contributed by atoms with Crippen LogP contribution in [0.4, 0.5) is 5.69 Å². The van der Waals surface area contributed by atoms with Crippen LogP contribution in [0.25, 0.3) is 11.1 Å². The van der Waals surface area contributed by atoms with Crippen LogP contribution in [0, 0.1) is 5.92 Å². The van der Waals surface area contributed by atoms with Crippen molar-refractivity contribution in [2.75, 3.05) is 12.4 Å². The van der Waals surface area contributed by atoms with Crippen LogP contribution in [0.3, 0.4) is 0 Å². The van der Waals surface area contributed by atoms with E-state index in [0.717, 1.165) is 23.3 Å². The van der Waals surface area contributed by atoms with Crippen molar-refractivity contribution < 1.29 is 14.6 Å². The molecule has 2 N–H and O–H groups in total. The van der Waals surface area contributed by atoms with Crippen molar-refractivity contribution in [3.8, 4) is 28.4 Å². The number of anilines is 1. The van der Waals surface area contributed by atoms with Crippen LogP contribution in [0.5, 0.6) is 17.2 Å². The maximum absolute atomic E-state index is 10.3. The molecule has 2 unspecified atom stereocenters. The van der Waals surface area contributed by atoms with Crippen LogP contribution in [-0.2, 0) is 0 Å². The number of methoxy groups -OCH3 is 1. The molecule has 0 radical (unpaired) electrons. The Labute approximate surface area is 161 Å². The van der Waals surface area contributed by atoms with Gasteiger partial charge in [0.1, 0.15) is 11.9 Å². The zero-order chi connectivity index (χ0) is 19.5. The fraction of sp³-hybridized carbons (Fsp3) is 0.478. The topological polar surface area (TPSA) is 50.7 Å². The summed E-state index contributed by atoms with van der Waals surface area (Å²) in [6.45, 7) is 11.2. The fourth-order valence-electron chi connectivity index (χ4n) is 4.86. The van der Waals surface area contributed by atoms with Crippen LogP contribution >= 0.6 is 0 Å². The molecule has 0 aromatic heterocycles. The van der Waals surface area contributed by atoms with Crippen LogP contribution in [-0.4, -0.2) is 17.8 Å². The summed E-state index contributed by atoms with van der Waals surface area (Å²) in [7, 11) is 1.59. The summed E-state index contributed by atoms with van der Waals surface area (Å²) in [5.74, 6) is 2.13. The van der Waals surface area contributed by atoms with Gasteiger partial charge >= 0.3 is 0 Å². The zero-order valence-corrected chi connectivity index (χ0v) is 17.0. The Hall–Kier alpha value is -2.36. The molecule has 0 fully saturated rings. The van der Waals surface area contributed by atoms with E-state index in [1.807, 2.05) is 6.07 Å². The van der Waals surface area contributed by atoms with E-state index in [9.17, 15) is 5.11 Å². The molecule has 0 saturated carbocycles. The average molecular weight is 367 g/mol. The van der Waals surface area contributed by atoms with Gasteiger partial charge in [-0.05, 0) is 61.4 Å². The van der Waals surface area contributed by atoms with E-state index in [1.165, 1.54) is 16.8 Å². The first-order valence-corrected chi connectivity index (χ1v) is 9.75. The van der Waals surface area contributed by atoms with Gasteiger partial charge in [-0.2, -0.15) is 0 Å². The molecule has 0 bridgehead atoms. The SMILES string of the molecule is COc1c(O)ccc2c1-c1ccc3c(c1C(C(C)C)O2)C(C)CC(C)(C)N3. The first-order valence-electron chi connectivity index (χ1n) is 9.75. The Morgan fingerprint density at radius 3 is 2.59 bits per heavy atom. The molecule has 2 aromatic rings. The van der Waals surface area contributed by atoms with E-state index >= 15 is 0 Å². The van der Waals surface area contributed by atoms with E-state index in [-0.39, 0.29) is 17.4 Å². The molecule has 2 aliphatic heterocycles. The Morgan fingerprint density at radius 2 is 1.93 bits per heavy atom. The quantitative estimate of drug-likeness (QED) is 0.698. The van der Waals surface area contributed by atoms with Gasteiger partial charge in [0, 0.05) is 16.8 Å². The number of rotatable bonds is 2. The highest BCUT2D eigenvalue weighted by atomic mass is 16.5. The van der Waals surface area contributed by atoms with Crippen molar-refractivity contribution in [2.45, 2.75) is 58.6 Å². The number of hydrogen-bond donors (Lipinski definition) is 2. The molecule has 4 nitrogen and oxygen atoms in total. The maximum Gasteiger partial charge on any atom is 0.172 e. The summed E-state index contributed by atoms with van der Waals surface area (Å²) < 4.78 is 12.0. The third-order valence-electron chi connectivity index (χ3n) is 5.79. The number of nitrogens with one attached hydrogen (secondary N) is 1. The van der Waals surface area contributed by atoms with Crippen LogP contribution in [0.1, 0.15) is 64.2 Å². The first kappa shape index (κ1) is 18.0. The van der Waals surface area contributed by atoms with E-state index in [1.54, 1.807) is 13.2 Å². The predicted molar refractivity (Wildman–Crippen MR) is 109 cm³/mol. The van der Waals surface area contributed by atoms with Gasteiger partial charge in [-0.25, -0.2) is 0 Å². The Balaban J connectivity index is 2.03. The van der Waals surface area contributed by atoms with Crippen molar-refractivity contribution in [1.29, 1.82) is 0 Å². The highest BCUT2D eigenvalue weighted by Crippen LogP contribution is 2.55. The van der Waals surface area contributed by atoms with Crippen molar-refractivity contribution >= 4 is 5.69 Å². The fourth-order valence-corrected chi connectivity index (χ4v) is 4.86. The minimum Gasteiger partial charge on any atom is -0.504 e. The molecule has 144 valence electrons. The molecule has 0 saturated heterocycles. The second kappa shape index (κ2) is 6.08. The maximum atomic E-state index is 10.3. The number of phenols is 1. The monoisotopic (exact) mass is 367 g/mol. The molecule has 0 aliphatic carbocycles. The molecule has 0 amide bonds. The summed E-state index contributed by atoms with van der Waals surface area (Å²) in [5, 5.41) is 14.0. The smallest absolute Gasteiger partial charge is 0.172 e. The van der Waals surface area contributed by atoms with Gasteiger partial charge in [0.15, 0.2) is 11.5 Å². The highest BCUT2D eigenvalue weighted by Gasteiger charge is 2.39. The van der Waals surface area contributed by atoms with Crippen molar-refractivity contribution in [3.05, 3.63) is 35.4 Å². The molecule has 2 heterocycles. The molecular formula is C23H29NO3. The number of ether oxygens (including phenoxy) is 2. The Kier molecular flexibility index (Phi) is 4.06. The van der Waals surface area contributed by atoms with Gasteiger partial charge < -0.3 is 19.9 Å². The Morgan fingerprint density at radius 1 is 1.19 bits per heavy atom. The van der Waals surface area contributed by atoms with Gasteiger partial charge in [0.25, 0.3) is 0 Å². The summed E-state index contributed by atoms with van der Waals surface area (Å²) >= 11 is 0. The molecule has 0 spiro atoms. The molecule has 4 heteroatoms. The molecule has 2 atom stereocenters. The highest BCUT2D eigenvalue weighted by molar-refractivity contribution is 5.86. The van der Waals surface area contributed by atoms with E-state index < -0.39 is 0 Å². The number of phenolic OH excluding ortho intramolecular Hbond substituents is 1. The lowest BCUT2D eigenvalue weighted by Crippen LogP contribution is -2.38. The minimum absolute atomic E-state index is 0.0258. The summed E-state index contributed by atoms with van der Waals surface area (Å²) in [5.41, 5.74) is 5.78. The molecular weight excluding hydrogens is 338 g/mol. The van der Waals surface area contributed by atoms with Gasteiger partial charge in [-0.1, -0.05) is 26.8 Å². The summed E-state index contributed by atoms with van der Waals surface area (Å²) in [6, 6.07) is 7.80. The van der Waals surface area contributed by atoms with E-state index in [2.05, 4.69) is 52.1 Å². The lowest BCUT2D eigenvalue weighted by molar-refractivity contribution is 0.148. The first-order chi connectivity index (χ1) is 12.7. The standard InChI is InChI=1S/C23H29NO3/c1-12(2)21-20-14(19-17(27-21)10-9-16(25)22(19)26-6)7-8-15-18(20)13(3)11-23(4,5)24-15/h7-10,12-13,21,24-25H,11H2,1-6H3. The van der Waals surface area contributed by atoms with Crippen LogP contribution in [0.2, 0.25) is 0 Å². The van der Waals surface area contributed by atoms with Crippen molar-refractivity contribution in [2.24, 2.45) is 5.92 Å². The molecule has 2 aliphatic rings. The molecule has 27 heavy (non-hydrogen) atoms. The largest absolute Gasteiger partial charge is 0.504 e. The third-order valence-corrected chi connectivity index (χ3v) is 5.79. The van der Waals surface area contributed by atoms with Gasteiger partial charge in [-0.3, -0.25) is 0 Å². The van der Waals surface area contributed by atoms with Gasteiger partial charge in [0.05, 0.1) is 12.7 Å². The lowest BCUT2D eigenvalue weighted by atomic mass is 9.75. The van der Waals surface area contributed by atoms with Gasteiger partial charge in [-0.15, -0.1) is 0 Å². The summed E-state index contributed by atoms with van der Waals surface area (Å²) in [6.07, 6.45) is 1.04. The Bertz CT molecular complexity index is 901. The lowest BCUT2D eigenvalue weighted by Gasteiger charge is -2.42. The zero-order valence-electron chi connectivity index (χ0n) is 17.0. The number of hydrogen-bond acceptors (Lipinski definition) is 4. The minimum atomic E-state index is -0.0258. The average Bonchev–Trinajstić information content (AvgIpc) is 2.59. The number of benzene rings is 2. The summed E-state index contributed by atoms with van der Waals surface area (Å²) in [4.78, 5) is 0. The number of fused-ring (bicyclic) bond motifs is 5. The van der Waals surface area contributed by atoms with E-state index in [0.29, 0.717) is 17.6 Å². The van der Waals surface area contributed by atoms with Gasteiger partial charge in [0.2, 0.25) is 0 Å². The molecule has 2 aromatic carbocycles. The van der Waals surface area contributed by atoms with Crippen molar-refractivity contribution in [1.82, 2.24) is 0 Å². The second-order valence-electron chi connectivity index (χ2n) is 8.88. The normalized spacial score (nSPS) is 22.2. The predicted octanol–water partition coefficient (Wildman–Crippen LogP) is 5.86. The van der Waals surface area contributed by atoms with E-state index in [4.69, 9.17) is 9.47 Å². The van der Waals surface area contributed by atoms with Crippen LogP contribution in [0.15, 0.2) is 24.3 Å². The van der Waals surface area contributed by atoms with Crippen molar-refractivity contribution in [3.63, 3.8) is 0 Å². The molecule has 4 rings (SSSR count). The third kappa shape index (κ3) is 2.73.